The standard InChI is InChI=1S/C24H20ClNO4/c1-13-4-6-16(12-14(13)2)22(27)20-21(19-11-5-15(3)30-19)26(24(29)23(20)28)18-9-7-17(25)8-10-18/h4-12,21,27H,1-3H3/b22-20-. The van der Waals surface area contributed by atoms with Crippen molar-refractivity contribution in [2.45, 2.75) is 26.8 Å². The molecule has 1 amide bonds. The van der Waals surface area contributed by atoms with Gasteiger partial charge in [-0.1, -0.05) is 23.7 Å². The van der Waals surface area contributed by atoms with Gasteiger partial charge in [0.1, 0.15) is 23.3 Å². The summed E-state index contributed by atoms with van der Waals surface area (Å²) in [5, 5.41) is 11.6. The van der Waals surface area contributed by atoms with E-state index in [2.05, 4.69) is 0 Å². The van der Waals surface area contributed by atoms with E-state index in [-0.39, 0.29) is 11.3 Å². The molecule has 1 unspecified atom stereocenters. The number of hydrogen-bond donors (Lipinski definition) is 1. The summed E-state index contributed by atoms with van der Waals surface area (Å²) in [5.74, 6) is -0.696. The summed E-state index contributed by atoms with van der Waals surface area (Å²) < 4.78 is 5.78. The number of aryl methyl sites for hydroxylation is 3. The van der Waals surface area contributed by atoms with Crippen molar-refractivity contribution < 1.29 is 19.1 Å². The van der Waals surface area contributed by atoms with Gasteiger partial charge in [0, 0.05) is 16.3 Å². The third-order valence-corrected chi connectivity index (χ3v) is 5.61. The molecular formula is C24H20ClNO4. The number of carbonyl (C=O) groups is 2. The molecule has 1 atom stereocenters. The molecule has 0 saturated carbocycles. The van der Waals surface area contributed by atoms with Crippen LogP contribution in [0, 0.1) is 20.8 Å². The van der Waals surface area contributed by atoms with Gasteiger partial charge in [0.15, 0.2) is 0 Å². The zero-order valence-corrected chi connectivity index (χ0v) is 17.5. The van der Waals surface area contributed by atoms with E-state index in [1.807, 2.05) is 19.9 Å². The molecule has 5 nitrogen and oxygen atoms in total. The first kappa shape index (κ1) is 20.0. The Kier molecular flexibility index (Phi) is 5.00. The van der Waals surface area contributed by atoms with Crippen LogP contribution in [0.15, 0.2) is 64.6 Å². The molecule has 2 heterocycles. The number of amides is 1. The van der Waals surface area contributed by atoms with Crippen molar-refractivity contribution in [3.63, 3.8) is 0 Å². The van der Waals surface area contributed by atoms with E-state index < -0.39 is 17.7 Å². The first-order valence-electron chi connectivity index (χ1n) is 9.48. The Morgan fingerprint density at radius 1 is 0.967 bits per heavy atom. The maximum absolute atomic E-state index is 13.0. The van der Waals surface area contributed by atoms with Crippen LogP contribution in [-0.2, 0) is 9.59 Å². The van der Waals surface area contributed by atoms with Gasteiger partial charge in [-0.25, -0.2) is 0 Å². The third-order valence-electron chi connectivity index (χ3n) is 5.36. The Labute approximate surface area is 179 Å². The summed E-state index contributed by atoms with van der Waals surface area (Å²) in [7, 11) is 0. The number of aliphatic hydroxyl groups is 1. The van der Waals surface area contributed by atoms with Crippen molar-refractivity contribution in [2.24, 2.45) is 0 Å². The van der Waals surface area contributed by atoms with Gasteiger partial charge in [0.25, 0.3) is 11.7 Å². The van der Waals surface area contributed by atoms with Gasteiger partial charge in [-0.3, -0.25) is 14.5 Å². The molecule has 1 N–H and O–H groups in total. The molecule has 1 fully saturated rings. The lowest BCUT2D eigenvalue weighted by molar-refractivity contribution is -0.132. The van der Waals surface area contributed by atoms with E-state index in [1.165, 1.54) is 4.90 Å². The first-order chi connectivity index (χ1) is 14.3. The molecular weight excluding hydrogens is 402 g/mol. The quantitative estimate of drug-likeness (QED) is 0.345. The largest absolute Gasteiger partial charge is 0.507 e. The number of benzene rings is 2. The van der Waals surface area contributed by atoms with Crippen molar-refractivity contribution >= 4 is 34.7 Å². The molecule has 2 aromatic carbocycles. The van der Waals surface area contributed by atoms with Gasteiger partial charge in [0.2, 0.25) is 0 Å². The van der Waals surface area contributed by atoms with Crippen LogP contribution >= 0.6 is 11.6 Å². The SMILES string of the molecule is Cc1ccc(C2/C(=C(/O)c3ccc(C)c(C)c3)C(=O)C(=O)N2c2ccc(Cl)cc2)o1. The smallest absolute Gasteiger partial charge is 0.300 e. The summed E-state index contributed by atoms with van der Waals surface area (Å²) in [4.78, 5) is 27.4. The number of carbonyl (C=O) groups excluding carboxylic acids is 2. The van der Waals surface area contributed by atoms with Crippen LogP contribution in [0.25, 0.3) is 5.76 Å². The molecule has 0 aliphatic carbocycles. The van der Waals surface area contributed by atoms with Gasteiger partial charge < -0.3 is 9.52 Å². The van der Waals surface area contributed by atoms with Crippen LogP contribution < -0.4 is 4.90 Å². The minimum absolute atomic E-state index is 0.00690. The Morgan fingerprint density at radius 3 is 2.27 bits per heavy atom. The highest BCUT2D eigenvalue weighted by molar-refractivity contribution is 6.51. The number of rotatable bonds is 3. The fourth-order valence-electron chi connectivity index (χ4n) is 3.61. The Bertz CT molecular complexity index is 1190. The molecule has 0 radical (unpaired) electrons. The Hall–Kier alpha value is -3.31. The van der Waals surface area contributed by atoms with Crippen LogP contribution in [0.1, 0.15) is 34.3 Å². The molecule has 3 aromatic rings. The second-order valence-corrected chi connectivity index (χ2v) is 7.83. The number of Topliss-reactive ketones (excluding diaryl/α,β-unsaturated/α-hetero) is 1. The van der Waals surface area contributed by atoms with Crippen LogP contribution in [0.4, 0.5) is 5.69 Å². The van der Waals surface area contributed by atoms with Gasteiger partial charge in [-0.15, -0.1) is 0 Å². The van der Waals surface area contributed by atoms with Crippen molar-refractivity contribution in [3.8, 4) is 0 Å². The highest BCUT2D eigenvalue weighted by atomic mass is 35.5. The van der Waals surface area contributed by atoms with Crippen LogP contribution in [0.3, 0.4) is 0 Å². The number of hydrogen-bond acceptors (Lipinski definition) is 4. The molecule has 1 saturated heterocycles. The molecule has 1 aliphatic heterocycles. The Morgan fingerprint density at radius 2 is 1.67 bits per heavy atom. The average Bonchev–Trinajstić information content (AvgIpc) is 3.26. The lowest BCUT2D eigenvalue weighted by Crippen LogP contribution is -2.29. The maximum Gasteiger partial charge on any atom is 0.300 e. The predicted octanol–water partition coefficient (Wildman–Crippen LogP) is 5.48. The van der Waals surface area contributed by atoms with Crippen LogP contribution in [0.5, 0.6) is 0 Å². The highest BCUT2D eigenvalue weighted by Gasteiger charge is 2.48. The van der Waals surface area contributed by atoms with E-state index in [0.717, 1.165) is 11.1 Å². The summed E-state index contributed by atoms with van der Waals surface area (Å²) >= 11 is 5.99. The molecule has 1 aromatic heterocycles. The van der Waals surface area contributed by atoms with Crippen molar-refractivity contribution in [3.05, 3.63) is 93.4 Å². The van der Waals surface area contributed by atoms with E-state index in [9.17, 15) is 14.7 Å². The van der Waals surface area contributed by atoms with Crippen molar-refractivity contribution in [1.29, 1.82) is 0 Å². The minimum Gasteiger partial charge on any atom is -0.507 e. The van der Waals surface area contributed by atoms with E-state index in [4.69, 9.17) is 16.0 Å². The fraction of sp³-hybridized carbons (Fsp3) is 0.167. The zero-order valence-electron chi connectivity index (χ0n) is 16.8. The van der Waals surface area contributed by atoms with E-state index in [0.29, 0.717) is 27.8 Å². The maximum atomic E-state index is 13.0. The number of ketones is 1. The number of halogens is 1. The Balaban J connectivity index is 1.94. The number of nitrogens with zero attached hydrogens (tertiary/aromatic N) is 1. The molecule has 1 aliphatic rings. The molecule has 152 valence electrons. The average molecular weight is 422 g/mol. The summed E-state index contributed by atoms with van der Waals surface area (Å²) in [5.41, 5.74) is 2.98. The highest BCUT2D eigenvalue weighted by Crippen LogP contribution is 2.42. The number of anilines is 1. The molecule has 4 rings (SSSR count). The first-order valence-corrected chi connectivity index (χ1v) is 9.86. The monoisotopic (exact) mass is 421 g/mol. The fourth-order valence-corrected chi connectivity index (χ4v) is 3.74. The second kappa shape index (κ2) is 7.50. The van der Waals surface area contributed by atoms with Crippen LogP contribution in [0.2, 0.25) is 5.02 Å². The third kappa shape index (κ3) is 3.31. The summed E-state index contributed by atoms with van der Waals surface area (Å²) in [6.45, 7) is 5.66. The lowest BCUT2D eigenvalue weighted by atomic mass is 9.97. The second-order valence-electron chi connectivity index (χ2n) is 7.39. The summed E-state index contributed by atoms with van der Waals surface area (Å²) in [6, 6.07) is 14.6. The molecule has 0 spiro atoms. The normalized spacial score (nSPS) is 18.3. The number of furan rings is 1. The van der Waals surface area contributed by atoms with Gasteiger partial charge in [-0.05, 0) is 74.4 Å². The molecule has 6 heteroatoms. The van der Waals surface area contributed by atoms with Crippen molar-refractivity contribution in [2.75, 3.05) is 4.90 Å². The molecule has 0 bridgehead atoms. The zero-order chi connectivity index (χ0) is 21.6. The van der Waals surface area contributed by atoms with Gasteiger partial charge in [0.05, 0.1) is 5.57 Å². The van der Waals surface area contributed by atoms with Gasteiger partial charge in [-0.2, -0.15) is 0 Å². The minimum atomic E-state index is -0.888. The predicted molar refractivity (Wildman–Crippen MR) is 116 cm³/mol. The van der Waals surface area contributed by atoms with Crippen molar-refractivity contribution in [1.82, 2.24) is 0 Å². The summed E-state index contributed by atoms with van der Waals surface area (Å²) in [6.07, 6.45) is 0. The lowest BCUT2D eigenvalue weighted by Gasteiger charge is -2.23. The number of aliphatic hydroxyl groups excluding tert-OH is 1. The molecule has 30 heavy (non-hydrogen) atoms. The van der Waals surface area contributed by atoms with E-state index in [1.54, 1.807) is 55.5 Å². The van der Waals surface area contributed by atoms with Crippen LogP contribution in [-0.4, -0.2) is 16.8 Å². The van der Waals surface area contributed by atoms with Gasteiger partial charge >= 0.3 is 0 Å². The van der Waals surface area contributed by atoms with E-state index >= 15 is 0 Å². The topological polar surface area (TPSA) is 70.8 Å².